The summed E-state index contributed by atoms with van der Waals surface area (Å²) < 4.78 is 22.2. The van der Waals surface area contributed by atoms with Crippen LogP contribution in [-0.4, -0.2) is 44.3 Å². The lowest BCUT2D eigenvalue weighted by atomic mass is 10.0. The third kappa shape index (κ3) is 3.92. The molecule has 1 atom stereocenters. The topological polar surface area (TPSA) is 81.0 Å². The molecule has 2 aliphatic heterocycles. The van der Waals surface area contributed by atoms with Gasteiger partial charge in [0.25, 0.3) is 5.91 Å². The Bertz CT molecular complexity index is 953. The second-order valence-corrected chi connectivity index (χ2v) is 6.91. The van der Waals surface area contributed by atoms with Crippen molar-refractivity contribution >= 4 is 5.91 Å². The first-order valence-electron chi connectivity index (χ1n) is 9.59. The summed E-state index contributed by atoms with van der Waals surface area (Å²) in [4.78, 5) is 14.7. The molecule has 0 radical (unpaired) electrons. The van der Waals surface area contributed by atoms with E-state index in [1.54, 1.807) is 18.2 Å². The van der Waals surface area contributed by atoms with Crippen molar-refractivity contribution in [1.82, 2.24) is 4.90 Å². The Labute approximate surface area is 169 Å². The van der Waals surface area contributed by atoms with Gasteiger partial charge < -0.3 is 23.8 Å². The summed E-state index contributed by atoms with van der Waals surface area (Å²) in [5, 5.41) is 9.00. The zero-order chi connectivity index (χ0) is 20.2. The molecule has 0 aliphatic carbocycles. The van der Waals surface area contributed by atoms with Crippen LogP contribution >= 0.6 is 0 Å². The van der Waals surface area contributed by atoms with Crippen molar-refractivity contribution in [3.8, 4) is 29.1 Å². The second kappa shape index (κ2) is 8.31. The van der Waals surface area contributed by atoms with Gasteiger partial charge in [-0.1, -0.05) is 6.07 Å². The highest BCUT2D eigenvalue weighted by Crippen LogP contribution is 2.38. The van der Waals surface area contributed by atoms with Crippen LogP contribution in [-0.2, 0) is 4.79 Å². The molecule has 0 bridgehead atoms. The van der Waals surface area contributed by atoms with Gasteiger partial charge in [-0.2, -0.15) is 5.26 Å². The average molecular weight is 394 g/mol. The molecule has 0 spiro atoms. The summed E-state index contributed by atoms with van der Waals surface area (Å²) in [5.74, 6) is 2.25. The van der Waals surface area contributed by atoms with Crippen molar-refractivity contribution < 1.29 is 23.7 Å². The number of nitriles is 1. The van der Waals surface area contributed by atoms with Crippen molar-refractivity contribution in [2.45, 2.75) is 18.9 Å². The molecule has 29 heavy (non-hydrogen) atoms. The van der Waals surface area contributed by atoms with Gasteiger partial charge in [-0.15, -0.1) is 0 Å². The Morgan fingerprint density at radius 3 is 2.79 bits per heavy atom. The van der Waals surface area contributed by atoms with E-state index in [0.29, 0.717) is 36.8 Å². The molecule has 0 saturated carbocycles. The monoisotopic (exact) mass is 394 g/mol. The molecule has 2 heterocycles. The van der Waals surface area contributed by atoms with E-state index in [0.717, 1.165) is 29.9 Å². The number of rotatable bonds is 5. The van der Waals surface area contributed by atoms with Gasteiger partial charge in [0.2, 0.25) is 0 Å². The smallest absolute Gasteiger partial charge is 0.261 e. The van der Waals surface area contributed by atoms with E-state index in [-0.39, 0.29) is 18.6 Å². The standard InChI is InChI=1S/C22H22N2O5/c1-26-20-11-15(13-23)4-6-18(20)29-14-22(25)24-8-2-3-17(24)16-5-7-19-21(12-16)28-10-9-27-19/h4-7,11-12,17H,2-3,8-10,14H2,1H3/t17-/m1/s1. The van der Waals surface area contributed by atoms with Gasteiger partial charge in [0.15, 0.2) is 29.6 Å². The molecule has 1 saturated heterocycles. The zero-order valence-corrected chi connectivity index (χ0v) is 16.2. The summed E-state index contributed by atoms with van der Waals surface area (Å²) in [6, 6.07) is 12.8. The third-order valence-electron chi connectivity index (χ3n) is 5.17. The van der Waals surface area contributed by atoms with Crippen molar-refractivity contribution in [2.75, 3.05) is 33.5 Å². The highest BCUT2D eigenvalue weighted by atomic mass is 16.6. The minimum atomic E-state index is -0.0939. The molecule has 1 fully saturated rings. The number of carbonyl (C=O) groups excluding carboxylic acids is 1. The van der Waals surface area contributed by atoms with Crippen LogP contribution in [0, 0.1) is 11.3 Å². The van der Waals surface area contributed by atoms with Gasteiger partial charge in [0.1, 0.15) is 13.2 Å². The summed E-state index contributed by atoms with van der Waals surface area (Å²) in [6.07, 6.45) is 1.83. The summed E-state index contributed by atoms with van der Waals surface area (Å²) in [5.41, 5.74) is 1.51. The molecule has 2 aromatic carbocycles. The number of carbonyl (C=O) groups is 1. The lowest BCUT2D eigenvalue weighted by Crippen LogP contribution is -2.34. The van der Waals surface area contributed by atoms with E-state index in [1.165, 1.54) is 7.11 Å². The van der Waals surface area contributed by atoms with Crippen LogP contribution in [0.25, 0.3) is 0 Å². The molecule has 150 valence electrons. The van der Waals surface area contributed by atoms with E-state index >= 15 is 0 Å². The van der Waals surface area contributed by atoms with Gasteiger partial charge in [0.05, 0.1) is 24.8 Å². The molecule has 7 nitrogen and oxygen atoms in total. The lowest BCUT2D eigenvalue weighted by molar-refractivity contribution is -0.134. The van der Waals surface area contributed by atoms with E-state index < -0.39 is 0 Å². The van der Waals surface area contributed by atoms with E-state index in [9.17, 15) is 4.79 Å². The number of ether oxygens (including phenoxy) is 4. The van der Waals surface area contributed by atoms with Crippen LogP contribution in [0.3, 0.4) is 0 Å². The second-order valence-electron chi connectivity index (χ2n) is 6.91. The fourth-order valence-corrected chi connectivity index (χ4v) is 3.76. The summed E-state index contributed by atoms with van der Waals surface area (Å²) >= 11 is 0. The predicted molar refractivity (Wildman–Crippen MR) is 104 cm³/mol. The summed E-state index contributed by atoms with van der Waals surface area (Å²) in [6.45, 7) is 1.68. The Morgan fingerprint density at radius 1 is 1.17 bits per heavy atom. The van der Waals surface area contributed by atoms with Crippen LogP contribution in [0.4, 0.5) is 0 Å². The van der Waals surface area contributed by atoms with Crippen LogP contribution < -0.4 is 18.9 Å². The fraction of sp³-hybridized carbons (Fsp3) is 0.364. The predicted octanol–water partition coefficient (Wildman–Crippen LogP) is 3.08. The average Bonchev–Trinajstić information content (AvgIpc) is 3.27. The Kier molecular flexibility index (Phi) is 5.43. The van der Waals surface area contributed by atoms with Crippen molar-refractivity contribution in [2.24, 2.45) is 0 Å². The number of amides is 1. The fourth-order valence-electron chi connectivity index (χ4n) is 3.76. The highest BCUT2D eigenvalue weighted by Gasteiger charge is 2.31. The molecule has 2 aliphatic rings. The number of likely N-dealkylation sites (tertiary alicyclic amines) is 1. The third-order valence-corrected chi connectivity index (χ3v) is 5.17. The number of methoxy groups -OCH3 is 1. The molecule has 7 heteroatoms. The molecular formula is C22H22N2O5. The van der Waals surface area contributed by atoms with Crippen LogP contribution in [0.2, 0.25) is 0 Å². The minimum absolute atomic E-state index is 0.00946. The van der Waals surface area contributed by atoms with Gasteiger partial charge in [-0.05, 0) is 42.7 Å². The molecule has 0 unspecified atom stereocenters. The SMILES string of the molecule is COc1cc(C#N)ccc1OCC(=O)N1CCC[C@@H]1c1ccc2c(c1)OCCO2. The Morgan fingerprint density at radius 2 is 2.00 bits per heavy atom. The molecule has 4 rings (SSSR count). The van der Waals surface area contributed by atoms with Crippen molar-refractivity contribution in [1.29, 1.82) is 5.26 Å². The Hall–Kier alpha value is -3.40. The number of hydrogen-bond acceptors (Lipinski definition) is 6. The Balaban J connectivity index is 1.45. The number of hydrogen-bond donors (Lipinski definition) is 0. The number of benzene rings is 2. The van der Waals surface area contributed by atoms with Gasteiger partial charge in [-0.25, -0.2) is 0 Å². The maximum absolute atomic E-state index is 12.9. The van der Waals surface area contributed by atoms with Crippen LogP contribution in [0.5, 0.6) is 23.0 Å². The molecule has 0 N–H and O–H groups in total. The van der Waals surface area contributed by atoms with Crippen LogP contribution in [0.15, 0.2) is 36.4 Å². The largest absolute Gasteiger partial charge is 0.493 e. The first-order valence-corrected chi connectivity index (χ1v) is 9.59. The van der Waals surface area contributed by atoms with E-state index in [4.69, 9.17) is 24.2 Å². The van der Waals surface area contributed by atoms with Gasteiger partial charge in [0, 0.05) is 12.6 Å². The van der Waals surface area contributed by atoms with Crippen LogP contribution in [0.1, 0.15) is 30.0 Å². The van der Waals surface area contributed by atoms with E-state index in [1.807, 2.05) is 23.1 Å². The summed E-state index contributed by atoms with van der Waals surface area (Å²) in [7, 11) is 1.50. The maximum Gasteiger partial charge on any atom is 0.261 e. The normalized spacial score (nSPS) is 17.5. The minimum Gasteiger partial charge on any atom is -0.493 e. The quantitative estimate of drug-likeness (QED) is 0.775. The number of nitrogens with zero attached hydrogens (tertiary/aromatic N) is 2. The molecule has 2 aromatic rings. The maximum atomic E-state index is 12.9. The van der Waals surface area contributed by atoms with Crippen molar-refractivity contribution in [3.05, 3.63) is 47.5 Å². The highest BCUT2D eigenvalue weighted by molar-refractivity contribution is 5.78. The lowest BCUT2D eigenvalue weighted by Gasteiger charge is -2.27. The number of fused-ring (bicyclic) bond motifs is 1. The first kappa shape index (κ1) is 18.9. The first-order chi connectivity index (χ1) is 14.2. The van der Waals surface area contributed by atoms with Crippen molar-refractivity contribution in [3.63, 3.8) is 0 Å². The van der Waals surface area contributed by atoms with Gasteiger partial charge >= 0.3 is 0 Å². The zero-order valence-electron chi connectivity index (χ0n) is 16.2. The van der Waals surface area contributed by atoms with Gasteiger partial charge in [-0.3, -0.25) is 4.79 Å². The molecule has 0 aromatic heterocycles. The van der Waals surface area contributed by atoms with E-state index in [2.05, 4.69) is 6.07 Å². The molecule has 1 amide bonds. The molecular weight excluding hydrogens is 372 g/mol.